The number of benzene rings is 2. The topological polar surface area (TPSA) is 72.5 Å². The third-order valence-corrected chi connectivity index (χ3v) is 3.55. The van der Waals surface area contributed by atoms with E-state index in [9.17, 15) is 4.79 Å². The average Bonchev–Trinajstić information content (AvgIpc) is 2.45. The summed E-state index contributed by atoms with van der Waals surface area (Å²) in [6.45, 7) is 2.26. The Morgan fingerprint density at radius 2 is 1.95 bits per heavy atom. The molecule has 0 bridgehead atoms. The first-order valence-corrected chi connectivity index (χ1v) is 7.26. The van der Waals surface area contributed by atoms with Crippen LogP contribution in [-0.2, 0) is 6.61 Å². The average molecular weight is 350 g/mol. The minimum absolute atomic E-state index is 0.123. The number of rotatable bonds is 5. The van der Waals surface area contributed by atoms with Gasteiger partial charge >= 0.3 is 5.97 Å². The molecule has 0 fully saturated rings. The van der Waals surface area contributed by atoms with E-state index >= 15 is 0 Å². The smallest absolute Gasteiger partial charge is 0.335 e. The molecule has 0 aliphatic rings. The maximum Gasteiger partial charge on any atom is 0.335 e. The van der Waals surface area contributed by atoms with E-state index in [1.807, 2.05) is 25.1 Å². The van der Waals surface area contributed by atoms with E-state index in [-0.39, 0.29) is 11.6 Å². The molecule has 0 heterocycles. The van der Waals surface area contributed by atoms with Crippen LogP contribution in [0.1, 0.15) is 34.5 Å². The summed E-state index contributed by atoms with van der Waals surface area (Å²) >= 11 is 3.41. The Balaban J connectivity index is 2.12. The van der Waals surface area contributed by atoms with Crippen LogP contribution in [0.25, 0.3) is 0 Å². The Morgan fingerprint density at radius 3 is 2.52 bits per heavy atom. The number of hydrogen-bond donors (Lipinski definition) is 2. The molecular weight excluding hydrogens is 334 g/mol. The van der Waals surface area contributed by atoms with Crippen LogP contribution in [0, 0.1) is 0 Å². The first kappa shape index (κ1) is 15.5. The molecule has 3 N–H and O–H groups in total. The van der Waals surface area contributed by atoms with Crippen molar-refractivity contribution in [1.82, 2.24) is 0 Å². The fourth-order valence-electron chi connectivity index (χ4n) is 1.91. The molecule has 5 heteroatoms. The molecule has 1 atom stereocenters. The molecule has 0 saturated carbocycles. The van der Waals surface area contributed by atoms with Crippen LogP contribution in [0.3, 0.4) is 0 Å². The standard InChI is InChI=1S/C16H16BrNO3/c1-10(18)14-7-6-13(17)8-15(14)21-9-11-2-4-12(5-3-11)16(19)20/h2-8,10H,9,18H2,1H3,(H,19,20). The Bertz CT molecular complexity index is 638. The summed E-state index contributed by atoms with van der Waals surface area (Å²) in [5, 5.41) is 8.86. The number of carboxylic acid groups (broad SMARTS) is 1. The lowest BCUT2D eigenvalue weighted by molar-refractivity contribution is 0.0697. The van der Waals surface area contributed by atoms with Crippen LogP contribution in [0.2, 0.25) is 0 Å². The predicted molar refractivity (Wildman–Crippen MR) is 84.5 cm³/mol. The summed E-state index contributed by atoms with van der Waals surface area (Å²) < 4.78 is 6.73. The molecule has 0 radical (unpaired) electrons. The zero-order valence-corrected chi connectivity index (χ0v) is 13.1. The van der Waals surface area contributed by atoms with Crippen LogP contribution in [0.5, 0.6) is 5.75 Å². The Labute approximate surface area is 131 Å². The number of ether oxygens (including phenoxy) is 1. The fourth-order valence-corrected chi connectivity index (χ4v) is 2.25. The molecule has 0 amide bonds. The molecular formula is C16H16BrNO3. The predicted octanol–water partition coefficient (Wildman–Crippen LogP) is 3.75. The lowest BCUT2D eigenvalue weighted by atomic mass is 10.1. The number of carbonyl (C=O) groups is 1. The molecule has 2 aromatic carbocycles. The van der Waals surface area contributed by atoms with Crippen LogP contribution >= 0.6 is 15.9 Å². The third-order valence-electron chi connectivity index (χ3n) is 3.06. The van der Waals surface area contributed by atoms with Crippen LogP contribution in [-0.4, -0.2) is 11.1 Å². The molecule has 110 valence electrons. The van der Waals surface area contributed by atoms with Crippen molar-refractivity contribution in [3.63, 3.8) is 0 Å². The van der Waals surface area contributed by atoms with Gasteiger partial charge in [-0.1, -0.05) is 34.1 Å². The lowest BCUT2D eigenvalue weighted by Gasteiger charge is -2.14. The minimum Gasteiger partial charge on any atom is -0.489 e. The summed E-state index contributed by atoms with van der Waals surface area (Å²) in [5.41, 5.74) is 8.02. The summed E-state index contributed by atoms with van der Waals surface area (Å²) in [6.07, 6.45) is 0. The molecule has 1 unspecified atom stereocenters. The van der Waals surface area contributed by atoms with E-state index in [0.29, 0.717) is 6.61 Å². The maximum atomic E-state index is 10.8. The largest absolute Gasteiger partial charge is 0.489 e. The van der Waals surface area contributed by atoms with Crippen LogP contribution < -0.4 is 10.5 Å². The molecule has 2 rings (SSSR count). The number of nitrogens with two attached hydrogens (primary N) is 1. The summed E-state index contributed by atoms with van der Waals surface area (Å²) in [7, 11) is 0. The Morgan fingerprint density at radius 1 is 1.29 bits per heavy atom. The quantitative estimate of drug-likeness (QED) is 0.862. The van der Waals surface area contributed by atoms with Gasteiger partial charge in [-0.05, 0) is 36.8 Å². The number of carboxylic acids is 1. The van der Waals surface area contributed by atoms with Crippen molar-refractivity contribution in [2.75, 3.05) is 0 Å². The van der Waals surface area contributed by atoms with Gasteiger partial charge in [0.05, 0.1) is 5.56 Å². The summed E-state index contributed by atoms with van der Waals surface area (Å²) in [4.78, 5) is 10.8. The second-order valence-electron chi connectivity index (χ2n) is 4.76. The summed E-state index contributed by atoms with van der Waals surface area (Å²) in [6, 6.07) is 12.2. The molecule has 4 nitrogen and oxygen atoms in total. The second kappa shape index (κ2) is 6.74. The molecule has 0 spiro atoms. The Hall–Kier alpha value is -1.85. The van der Waals surface area contributed by atoms with E-state index in [1.54, 1.807) is 24.3 Å². The van der Waals surface area contributed by atoms with Crippen molar-refractivity contribution in [3.8, 4) is 5.75 Å². The fraction of sp³-hybridized carbons (Fsp3) is 0.188. The van der Waals surface area contributed by atoms with Gasteiger partial charge in [0.1, 0.15) is 12.4 Å². The second-order valence-corrected chi connectivity index (χ2v) is 5.68. The maximum absolute atomic E-state index is 10.8. The molecule has 2 aromatic rings. The highest BCUT2D eigenvalue weighted by Crippen LogP contribution is 2.28. The monoisotopic (exact) mass is 349 g/mol. The zero-order chi connectivity index (χ0) is 15.4. The molecule has 0 saturated heterocycles. The van der Waals surface area contributed by atoms with Gasteiger partial charge in [-0.2, -0.15) is 0 Å². The zero-order valence-electron chi connectivity index (χ0n) is 11.5. The molecule has 0 aromatic heterocycles. The van der Waals surface area contributed by atoms with E-state index in [4.69, 9.17) is 15.6 Å². The molecule has 0 aliphatic heterocycles. The van der Waals surface area contributed by atoms with Crippen molar-refractivity contribution in [2.24, 2.45) is 5.73 Å². The van der Waals surface area contributed by atoms with E-state index in [0.717, 1.165) is 21.3 Å². The first-order valence-electron chi connectivity index (χ1n) is 6.47. The van der Waals surface area contributed by atoms with Gasteiger partial charge in [-0.25, -0.2) is 4.79 Å². The van der Waals surface area contributed by atoms with Crippen molar-refractivity contribution in [2.45, 2.75) is 19.6 Å². The highest BCUT2D eigenvalue weighted by atomic mass is 79.9. The van der Waals surface area contributed by atoms with Crippen LogP contribution in [0.4, 0.5) is 0 Å². The van der Waals surface area contributed by atoms with E-state index in [2.05, 4.69) is 15.9 Å². The number of halogens is 1. The van der Waals surface area contributed by atoms with Crippen molar-refractivity contribution >= 4 is 21.9 Å². The normalized spacial score (nSPS) is 12.0. The van der Waals surface area contributed by atoms with E-state index < -0.39 is 5.97 Å². The molecule has 0 aliphatic carbocycles. The first-order chi connectivity index (χ1) is 9.97. The molecule has 21 heavy (non-hydrogen) atoms. The SMILES string of the molecule is CC(N)c1ccc(Br)cc1OCc1ccc(C(=O)O)cc1. The highest BCUT2D eigenvalue weighted by molar-refractivity contribution is 9.10. The third kappa shape index (κ3) is 4.06. The van der Waals surface area contributed by atoms with E-state index in [1.165, 1.54) is 0 Å². The van der Waals surface area contributed by atoms with Gasteiger partial charge in [0.25, 0.3) is 0 Å². The van der Waals surface area contributed by atoms with Gasteiger partial charge < -0.3 is 15.6 Å². The lowest BCUT2D eigenvalue weighted by Crippen LogP contribution is -2.08. The van der Waals surface area contributed by atoms with Gasteiger partial charge in [-0.15, -0.1) is 0 Å². The Kier molecular flexibility index (Phi) is 4.98. The van der Waals surface area contributed by atoms with Crippen molar-refractivity contribution < 1.29 is 14.6 Å². The van der Waals surface area contributed by atoms with Gasteiger partial charge in [0.2, 0.25) is 0 Å². The number of hydrogen-bond acceptors (Lipinski definition) is 3. The van der Waals surface area contributed by atoms with Gasteiger partial charge in [-0.3, -0.25) is 0 Å². The van der Waals surface area contributed by atoms with Gasteiger partial charge in [0.15, 0.2) is 0 Å². The van der Waals surface area contributed by atoms with Gasteiger partial charge in [0, 0.05) is 16.1 Å². The number of aromatic carboxylic acids is 1. The minimum atomic E-state index is -0.936. The highest BCUT2D eigenvalue weighted by Gasteiger charge is 2.09. The van der Waals surface area contributed by atoms with Crippen molar-refractivity contribution in [1.29, 1.82) is 0 Å². The van der Waals surface area contributed by atoms with Crippen molar-refractivity contribution in [3.05, 3.63) is 63.6 Å². The summed E-state index contributed by atoms with van der Waals surface area (Å²) in [5.74, 6) is -0.213. The van der Waals surface area contributed by atoms with Crippen LogP contribution in [0.15, 0.2) is 46.9 Å².